The Kier molecular flexibility index (Phi) is 5.22. The second-order valence-electron chi connectivity index (χ2n) is 3.67. The molecule has 0 saturated carbocycles. The van der Waals surface area contributed by atoms with Crippen molar-refractivity contribution in [3.8, 4) is 5.75 Å². The van der Waals surface area contributed by atoms with Crippen molar-refractivity contribution in [2.24, 2.45) is 5.73 Å². The van der Waals surface area contributed by atoms with E-state index in [-0.39, 0.29) is 11.9 Å². The average molecular weight is 227 g/mol. The highest BCUT2D eigenvalue weighted by atomic mass is 19.1. The SMILES string of the molecule is COCC(C)Oc1ccc(F)cc1CCN. The van der Waals surface area contributed by atoms with E-state index in [1.54, 1.807) is 13.2 Å². The van der Waals surface area contributed by atoms with Crippen molar-refractivity contribution in [1.29, 1.82) is 0 Å². The zero-order valence-corrected chi connectivity index (χ0v) is 9.70. The first-order valence-corrected chi connectivity index (χ1v) is 5.31. The highest BCUT2D eigenvalue weighted by Gasteiger charge is 2.08. The Morgan fingerprint density at radius 2 is 2.19 bits per heavy atom. The van der Waals surface area contributed by atoms with E-state index in [1.165, 1.54) is 12.1 Å². The van der Waals surface area contributed by atoms with Crippen LogP contribution in [0.25, 0.3) is 0 Å². The number of hydrogen-bond acceptors (Lipinski definition) is 3. The number of ether oxygens (including phenoxy) is 2. The third-order valence-corrected chi connectivity index (χ3v) is 2.17. The molecule has 0 bridgehead atoms. The van der Waals surface area contributed by atoms with Crippen LogP contribution in [-0.2, 0) is 11.2 Å². The molecule has 0 aromatic heterocycles. The standard InChI is InChI=1S/C12H18FNO2/c1-9(8-15-2)16-12-4-3-11(13)7-10(12)5-6-14/h3-4,7,9H,5-6,8,14H2,1-2H3. The zero-order chi connectivity index (χ0) is 12.0. The van der Waals surface area contributed by atoms with Gasteiger partial charge in [0.05, 0.1) is 6.61 Å². The summed E-state index contributed by atoms with van der Waals surface area (Å²) in [6, 6.07) is 4.48. The molecular weight excluding hydrogens is 209 g/mol. The van der Waals surface area contributed by atoms with Gasteiger partial charge in [0.25, 0.3) is 0 Å². The van der Waals surface area contributed by atoms with Gasteiger partial charge in [-0.25, -0.2) is 4.39 Å². The summed E-state index contributed by atoms with van der Waals surface area (Å²) in [6.07, 6.45) is 0.541. The van der Waals surface area contributed by atoms with Crippen molar-refractivity contribution in [2.45, 2.75) is 19.4 Å². The van der Waals surface area contributed by atoms with Crippen LogP contribution in [0.15, 0.2) is 18.2 Å². The first-order chi connectivity index (χ1) is 7.67. The molecule has 1 rings (SSSR count). The van der Waals surface area contributed by atoms with Gasteiger partial charge < -0.3 is 15.2 Å². The van der Waals surface area contributed by atoms with Crippen LogP contribution in [0.4, 0.5) is 4.39 Å². The Morgan fingerprint density at radius 3 is 2.81 bits per heavy atom. The number of rotatable bonds is 6. The molecule has 3 nitrogen and oxygen atoms in total. The maximum Gasteiger partial charge on any atom is 0.123 e. The Labute approximate surface area is 95.4 Å². The van der Waals surface area contributed by atoms with Gasteiger partial charge in [-0.15, -0.1) is 0 Å². The van der Waals surface area contributed by atoms with Crippen LogP contribution in [0.2, 0.25) is 0 Å². The maximum atomic E-state index is 13.0. The predicted molar refractivity (Wildman–Crippen MR) is 61.1 cm³/mol. The van der Waals surface area contributed by atoms with Crippen LogP contribution in [0.3, 0.4) is 0 Å². The Bertz CT molecular complexity index is 331. The summed E-state index contributed by atoms with van der Waals surface area (Å²) in [5.41, 5.74) is 6.26. The van der Waals surface area contributed by atoms with E-state index in [2.05, 4.69) is 0 Å². The molecule has 0 aliphatic rings. The minimum absolute atomic E-state index is 0.0630. The summed E-state index contributed by atoms with van der Waals surface area (Å²) in [6.45, 7) is 2.87. The number of nitrogens with two attached hydrogens (primary N) is 1. The van der Waals surface area contributed by atoms with Gasteiger partial charge in [-0.1, -0.05) is 0 Å². The molecule has 0 amide bonds. The summed E-state index contributed by atoms with van der Waals surface area (Å²) < 4.78 is 23.7. The first-order valence-electron chi connectivity index (χ1n) is 5.31. The fourth-order valence-electron chi connectivity index (χ4n) is 1.50. The molecule has 0 spiro atoms. The number of benzene rings is 1. The largest absolute Gasteiger partial charge is 0.488 e. The van der Waals surface area contributed by atoms with E-state index >= 15 is 0 Å². The Balaban J connectivity index is 2.77. The normalized spacial score (nSPS) is 12.5. The fraction of sp³-hybridized carbons (Fsp3) is 0.500. The lowest BCUT2D eigenvalue weighted by Gasteiger charge is -2.16. The van der Waals surface area contributed by atoms with E-state index < -0.39 is 0 Å². The monoisotopic (exact) mass is 227 g/mol. The van der Waals surface area contributed by atoms with Gasteiger partial charge >= 0.3 is 0 Å². The van der Waals surface area contributed by atoms with Gasteiger partial charge in [0.2, 0.25) is 0 Å². The van der Waals surface area contributed by atoms with Crippen molar-refractivity contribution >= 4 is 0 Å². The minimum Gasteiger partial charge on any atom is -0.488 e. The number of hydrogen-bond donors (Lipinski definition) is 1. The lowest BCUT2D eigenvalue weighted by Crippen LogP contribution is -2.19. The lowest BCUT2D eigenvalue weighted by molar-refractivity contribution is 0.0913. The molecule has 1 aromatic carbocycles. The van der Waals surface area contributed by atoms with Crippen molar-refractivity contribution in [3.05, 3.63) is 29.6 Å². The van der Waals surface area contributed by atoms with Crippen LogP contribution in [-0.4, -0.2) is 26.4 Å². The second-order valence-corrected chi connectivity index (χ2v) is 3.67. The summed E-state index contributed by atoms with van der Waals surface area (Å²) in [5, 5.41) is 0. The molecule has 0 heterocycles. The minimum atomic E-state index is -0.268. The van der Waals surface area contributed by atoms with E-state index in [9.17, 15) is 4.39 Å². The topological polar surface area (TPSA) is 44.5 Å². The number of halogens is 1. The van der Waals surface area contributed by atoms with Gasteiger partial charge in [0.1, 0.15) is 17.7 Å². The molecule has 4 heteroatoms. The summed E-state index contributed by atoms with van der Waals surface area (Å²) >= 11 is 0. The molecule has 0 saturated heterocycles. The van der Waals surface area contributed by atoms with Gasteiger partial charge in [-0.3, -0.25) is 0 Å². The third kappa shape index (κ3) is 3.79. The van der Waals surface area contributed by atoms with Crippen molar-refractivity contribution < 1.29 is 13.9 Å². The number of methoxy groups -OCH3 is 1. The fourth-order valence-corrected chi connectivity index (χ4v) is 1.50. The van der Waals surface area contributed by atoms with Crippen LogP contribution in [0.5, 0.6) is 5.75 Å². The zero-order valence-electron chi connectivity index (χ0n) is 9.70. The first kappa shape index (κ1) is 12.9. The highest BCUT2D eigenvalue weighted by molar-refractivity contribution is 5.34. The smallest absolute Gasteiger partial charge is 0.123 e. The average Bonchev–Trinajstić information content (AvgIpc) is 2.23. The summed E-state index contributed by atoms with van der Waals surface area (Å²) in [5.74, 6) is 0.409. The predicted octanol–water partition coefficient (Wildman–Crippen LogP) is 1.74. The quantitative estimate of drug-likeness (QED) is 0.805. The molecule has 0 fully saturated rings. The molecule has 90 valence electrons. The molecule has 1 unspecified atom stereocenters. The van der Waals surface area contributed by atoms with Crippen LogP contribution < -0.4 is 10.5 Å². The maximum absolute atomic E-state index is 13.0. The van der Waals surface area contributed by atoms with E-state index in [1.807, 2.05) is 6.92 Å². The lowest BCUT2D eigenvalue weighted by atomic mass is 10.1. The van der Waals surface area contributed by atoms with E-state index in [0.717, 1.165) is 5.56 Å². The third-order valence-electron chi connectivity index (χ3n) is 2.17. The molecule has 16 heavy (non-hydrogen) atoms. The van der Waals surface area contributed by atoms with Crippen molar-refractivity contribution in [1.82, 2.24) is 0 Å². The molecule has 0 aliphatic heterocycles. The molecule has 1 atom stereocenters. The van der Waals surface area contributed by atoms with Crippen LogP contribution >= 0.6 is 0 Å². The van der Waals surface area contributed by atoms with Crippen molar-refractivity contribution in [2.75, 3.05) is 20.3 Å². The summed E-state index contributed by atoms with van der Waals surface area (Å²) in [7, 11) is 1.62. The highest BCUT2D eigenvalue weighted by Crippen LogP contribution is 2.21. The van der Waals surface area contributed by atoms with Gasteiger partial charge in [-0.2, -0.15) is 0 Å². The molecule has 0 radical (unpaired) electrons. The van der Waals surface area contributed by atoms with Crippen molar-refractivity contribution in [3.63, 3.8) is 0 Å². The molecule has 2 N–H and O–H groups in total. The molecule has 1 aromatic rings. The Hall–Kier alpha value is -1.13. The van der Waals surface area contributed by atoms with E-state index in [0.29, 0.717) is 25.3 Å². The molecular formula is C12H18FNO2. The summed E-state index contributed by atoms with van der Waals surface area (Å²) in [4.78, 5) is 0. The van der Waals surface area contributed by atoms with Gasteiger partial charge in [-0.05, 0) is 43.7 Å². The van der Waals surface area contributed by atoms with E-state index in [4.69, 9.17) is 15.2 Å². The van der Waals surface area contributed by atoms with Crippen LogP contribution in [0, 0.1) is 5.82 Å². The Morgan fingerprint density at radius 1 is 1.44 bits per heavy atom. The second kappa shape index (κ2) is 6.45. The molecule has 0 aliphatic carbocycles. The van der Waals surface area contributed by atoms with Crippen LogP contribution in [0.1, 0.15) is 12.5 Å². The van der Waals surface area contributed by atoms with Gasteiger partial charge in [0.15, 0.2) is 0 Å². The van der Waals surface area contributed by atoms with Gasteiger partial charge in [0, 0.05) is 7.11 Å².